The second-order valence-electron chi connectivity index (χ2n) is 8.45. The number of anilines is 1. The van der Waals surface area contributed by atoms with Crippen molar-refractivity contribution in [2.75, 3.05) is 18.9 Å². The van der Waals surface area contributed by atoms with Crippen LogP contribution in [0.4, 0.5) is 5.82 Å². The first-order chi connectivity index (χ1) is 14.9. The van der Waals surface area contributed by atoms with E-state index in [1.807, 2.05) is 0 Å². The maximum absolute atomic E-state index is 12.2. The minimum Gasteiger partial charge on any atom is -0.396 e. The highest BCUT2D eigenvalue weighted by atomic mass is 16.6. The standard InChI is InChI=1S/C20H30N6O5/c1-2-22-19(30)16-14(28)15(29)20(31-16)26-9-23-13-17(21)24-12(25-18(13)26)7-10-3-5-11(8-27)6-4-10/h9-11,14-16,20,27-29H,2-8H2,1H3,(H,22,30)(H2,21,24,25)/t10?,11?,14-,15+,16-,20+/m0/s1. The first-order valence-electron chi connectivity index (χ1n) is 10.8. The van der Waals surface area contributed by atoms with Crippen LogP contribution in [0, 0.1) is 11.8 Å². The molecular formula is C20H30N6O5. The number of nitrogens with zero attached hydrogens (tertiary/aromatic N) is 4. The molecule has 0 unspecified atom stereocenters. The second-order valence-corrected chi connectivity index (χ2v) is 8.45. The topological polar surface area (TPSA) is 169 Å². The van der Waals surface area contributed by atoms with Crippen molar-refractivity contribution in [3.05, 3.63) is 12.2 Å². The molecule has 0 radical (unpaired) electrons. The third-order valence-corrected chi connectivity index (χ3v) is 6.31. The number of aliphatic hydroxyl groups excluding tert-OH is 3. The van der Waals surface area contributed by atoms with Crippen molar-refractivity contribution in [2.45, 2.75) is 63.6 Å². The number of ether oxygens (including phenoxy) is 1. The molecule has 1 aliphatic heterocycles. The number of aromatic nitrogens is 4. The van der Waals surface area contributed by atoms with E-state index < -0.39 is 30.4 Å². The second kappa shape index (κ2) is 9.03. The number of nitrogens with one attached hydrogen (secondary N) is 1. The van der Waals surface area contributed by atoms with Crippen molar-refractivity contribution in [2.24, 2.45) is 11.8 Å². The van der Waals surface area contributed by atoms with Crippen LogP contribution in [0.1, 0.15) is 44.7 Å². The highest BCUT2D eigenvalue weighted by Gasteiger charge is 2.47. The van der Waals surface area contributed by atoms with E-state index in [9.17, 15) is 20.1 Å². The lowest BCUT2D eigenvalue weighted by Crippen LogP contribution is -2.42. The fourth-order valence-corrected chi connectivity index (χ4v) is 4.52. The fourth-order valence-electron chi connectivity index (χ4n) is 4.52. The predicted octanol–water partition coefficient (Wildman–Crippen LogP) is -0.495. The molecule has 6 N–H and O–H groups in total. The molecule has 0 spiro atoms. The Bertz CT molecular complexity index is 928. The van der Waals surface area contributed by atoms with E-state index in [4.69, 9.17) is 10.5 Å². The number of rotatable bonds is 6. The Morgan fingerprint density at radius 3 is 2.61 bits per heavy atom. The molecule has 3 heterocycles. The maximum atomic E-state index is 12.2. The zero-order valence-electron chi connectivity index (χ0n) is 17.5. The molecule has 2 aromatic heterocycles. The summed E-state index contributed by atoms with van der Waals surface area (Å²) in [5, 5.41) is 32.8. The summed E-state index contributed by atoms with van der Waals surface area (Å²) in [7, 11) is 0. The van der Waals surface area contributed by atoms with E-state index in [1.165, 1.54) is 10.9 Å². The Morgan fingerprint density at radius 2 is 1.94 bits per heavy atom. The molecule has 11 heteroatoms. The molecule has 4 atom stereocenters. The molecular weight excluding hydrogens is 404 g/mol. The van der Waals surface area contributed by atoms with Crippen LogP contribution in [0.2, 0.25) is 0 Å². The van der Waals surface area contributed by atoms with Crippen LogP contribution >= 0.6 is 0 Å². The first-order valence-corrected chi connectivity index (χ1v) is 10.8. The van der Waals surface area contributed by atoms with Gasteiger partial charge in [0, 0.05) is 19.6 Å². The highest BCUT2D eigenvalue weighted by Crippen LogP contribution is 2.33. The van der Waals surface area contributed by atoms with Gasteiger partial charge in [-0.1, -0.05) is 0 Å². The summed E-state index contributed by atoms with van der Waals surface area (Å²) >= 11 is 0. The molecule has 1 saturated heterocycles. The van der Waals surface area contributed by atoms with Gasteiger partial charge in [-0.15, -0.1) is 0 Å². The predicted molar refractivity (Wildman–Crippen MR) is 111 cm³/mol. The quantitative estimate of drug-likeness (QED) is 0.402. The largest absolute Gasteiger partial charge is 0.396 e. The Labute approximate surface area is 179 Å². The Hall–Kier alpha value is -2.34. The number of fused-ring (bicyclic) bond motifs is 1. The smallest absolute Gasteiger partial charge is 0.252 e. The van der Waals surface area contributed by atoms with Crippen LogP contribution in [0.15, 0.2) is 6.33 Å². The lowest BCUT2D eigenvalue weighted by Gasteiger charge is -2.26. The van der Waals surface area contributed by atoms with E-state index in [0.717, 1.165) is 25.7 Å². The molecule has 31 heavy (non-hydrogen) atoms. The number of likely N-dealkylation sites (N-methyl/N-ethyl adjacent to an activating group) is 1. The number of nitrogen functional groups attached to an aromatic ring is 1. The zero-order chi connectivity index (χ0) is 22.1. The van der Waals surface area contributed by atoms with Gasteiger partial charge in [0.05, 0.1) is 6.33 Å². The van der Waals surface area contributed by atoms with Gasteiger partial charge in [-0.25, -0.2) is 15.0 Å². The van der Waals surface area contributed by atoms with Crippen LogP contribution in [0.25, 0.3) is 11.2 Å². The Balaban J connectivity index is 1.57. The lowest BCUT2D eigenvalue weighted by molar-refractivity contribution is -0.137. The van der Waals surface area contributed by atoms with Crippen molar-refractivity contribution < 1.29 is 24.9 Å². The van der Waals surface area contributed by atoms with Gasteiger partial charge in [-0.3, -0.25) is 9.36 Å². The Morgan fingerprint density at radius 1 is 1.23 bits per heavy atom. The minimum atomic E-state index is -1.38. The minimum absolute atomic E-state index is 0.230. The SMILES string of the molecule is CCNC(=O)[C@H]1O[C@@H](n2cnc3c(N)nc(CC4CCC(CO)CC4)nc32)[C@H](O)[C@@H]1O. The van der Waals surface area contributed by atoms with E-state index in [1.54, 1.807) is 6.92 Å². The normalized spacial score (nSPS) is 31.2. The first kappa shape index (κ1) is 21.9. The van der Waals surface area contributed by atoms with Crippen molar-refractivity contribution >= 4 is 22.9 Å². The molecule has 170 valence electrons. The number of imidazole rings is 1. The van der Waals surface area contributed by atoms with E-state index >= 15 is 0 Å². The van der Waals surface area contributed by atoms with Gasteiger partial charge in [-0.05, 0) is 44.4 Å². The molecule has 1 saturated carbocycles. The third kappa shape index (κ3) is 4.22. The number of hydrogen-bond acceptors (Lipinski definition) is 9. The summed E-state index contributed by atoms with van der Waals surface area (Å²) in [4.78, 5) is 25.4. The monoisotopic (exact) mass is 434 g/mol. The summed E-state index contributed by atoms with van der Waals surface area (Å²) in [6.45, 7) is 2.37. The van der Waals surface area contributed by atoms with Gasteiger partial charge >= 0.3 is 0 Å². The van der Waals surface area contributed by atoms with Gasteiger partial charge in [0.15, 0.2) is 23.8 Å². The maximum Gasteiger partial charge on any atom is 0.252 e. The average molecular weight is 434 g/mol. The van der Waals surface area contributed by atoms with Crippen molar-refractivity contribution in [1.82, 2.24) is 24.8 Å². The molecule has 0 bridgehead atoms. The summed E-state index contributed by atoms with van der Waals surface area (Å²) in [6.07, 6.45) is 1.10. The molecule has 0 aromatic carbocycles. The third-order valence-electron chi connectivity index (χ3n) is 6.31. The van der Waals surface area contributed by atoms with Gasteiger partial charge < -0.3 is 31.1 Å². The molecule has 2 aliphatic rings. The fraction of sp³-hybridized carbons (Fsp3) is 0.700. The molecule has 11 nitrogen and oxygen atoms in total. The molecule has 4 rings (SSSR count). The summed E-state index contributed by atoms with van der Waals surface area (Å²) < 4.78 is 7.19. The van der Waals surface area contributed by atoms with Crippen LogP contribution < -0.4 is 11.1 Å². The van der Waals surface area contributed by atoms with E-state index in [0.29, 0.717) is 41.8 Å². The van der Waals surface area contributed by atoms with Gasteiger partial charge in [0.1, 0.15) is 23.5 Å². The summed E-state index contributed by atoms with van der Waals surface area (Å²) in [5.41, 5.74) is 6.88. The van der Waals surface area contributed by atoms with Crippen LogP contribution in [-0.4, -0.2) is 72.2 Å². The molecule has 2 aromatic rings. The highest BCUT2D eigenvalue weighted by molar-refractivity contribution is 5.83. The van der Waals surface area contributed by atoms with Crippen LogP contribution in [-0.2, 0) is 16.0 Å². The summed E-state index contributed by atoms with van der Waals surface area (Å²) in [6, 6.07) is 0. The molecule has 2 fully saturated rings. The van der Waals surface area contributed by atoms with Gasteiger partial charge in [0.25, 0.3) is 5.91 Å². The number of nitrogens with two attached hydrogens (primary N) is 1. The lowest BCUT2D eigenvalue weighted by atomic mass is 9.81. The number of carbonyl (C=O) groups excluding carboxylic acids is 1. The van der Waals surface area contributed by atoms with Crippen LogP contribution in [0.3, 0.4) is 0 Å². The number of hydrogen-bond donors (Lipinski definition) is 5. The molecule has 1 amide bonds. The average Bonchev–Trinajstić information content (AvgIpc) is 3.30. The van der Waals surface area contributed by atoms with Gasteiger partial charge in [-0.2, -0.15) is 0 Å². The number of amides is 1. The Kier molecular flexibility index (Phi) is 6.37. The zero-order valence-corrected chi connectivity index (χ0v) is 17.5. The van der Waals surface area contributed by atoms with Crippen LogP contribution in [0.5, 0.6) is 0 Å². The molecule has 1 aliphatic carbocycles. The van der Waals surface area contributed by atoms with Crippen molar-refractivity contribution in [3.63, 3.8) is 0 Å². The number of aliphatic hydroxyl groups is 3. The van der Waals surface area contributed by atoms with Crippen molar-refractivity contribution in [3.8, 4) is 0 Å². The number of carbonyl (C=O) groups is 1. The van der Waals surface area contributed by atoms with E-state index in [-0.39, 0.29) is 12.4 Å². The summed E-state index contributed by atoms with van der Waals surface area (Å²) in [5.74, 6) is 1.10. The van der Waals surface area contributed by atoms with Crippen molar-refractivity contribution in [1.29, 1.82) is 0 Å². The van der Waals surface area contributed by atoms with Gasteiger partial charge in [0.2, 0.25) is 0 Å². The van der Waals surface area contributed by atoms with E-state index in [2.05, 4.69) is 20.3 Å².